The average Bonchev–Trinajstić information content (AvgIpc) is 2.77. The molecule has 0 amide bonds. The minimum atomic E-state index is -0.892. The smallest absolute Gasteiger partial charge is 0.204 e. The summed E-state index contributed by atoms with van der Waals surface area (Å²) < 4.78 is 40.9. The summed E-state index contributed by atoms with van der Waals surface area (Å²) in [6.45, 7) is 4.89. The van der Waals surface area contributed by atoms with Crippen LogP contribution in [0.3, 0.4) is 0 Å². The molecular formula is C26H40F2O2. The molecular weight excluding hydrogens is 382 g/mol. The molecule has 0 bridgehead atoms. The number of halogens is 2. The quantitative estimate of drug-likeness (QED) is 0.336. The van der Waals surface area contributed by atoms with E-state index in [1.165, 1.54) is 38.5 Å². The minimum Gasteiger partial charge on any atom is -0.490 e. The van der Waals surface area contributed by atoms with Gasteiger partial charge < -0.3 is 9.47 Å². The van der Waals surface area contributed by atoms with Crippen molar-refractivity contribution < 1.29 is 18.3 Å². The summed E-state index contributed by atoms with van der Waals surface area (Å²) in [4.78, 5) is 0. The summed E-state index contributed by atoms with van der Waals surface area (Å²) in [5.74, 6) is -0.304. The van der Waals surface area contributed by atoms with Gasteiger partial charge in [0.25, 0.3) is 0 Å². The first-order valence-corrected chi connectivity index (χ1v) is 12.4. The van der Waals surface area contributed by atoms with Crippen LogP contribution in [0.25, 0.3) is 0 Å². The van der Waals surface area contributed by atoms with E-state index >= 15 is 0 Å². The molecule has 2 aliphatic rings. The van der Waals surface area contributed by atoms with Crippen LogP contribution < -0.4 is 9.47 Å². The number of benzene rings is 1. The summed E-state index contributed by atoms with van der Waals surface area (Å²) in [5, 5.41) is 0. The lowest BCUT2D eigenvalue weighted by Crippen LogP contribution is -2.24. The Balaban J connectivity index is 1.50. The first-order chi connectivity index (χ1) is 14.6. The lowest BCUT2D eigenvalue weighted by Gasteiger charge is -2.29. The number of hydrogen-bond donors (Lipinski definition) is 0. The predicted octanol–water partition coefficient (Wildman–Crippen LogP) is 8.00. The van der Waals surface area contributed by atoms with E-state index in [0.717, 1.165) is 62.8 Å². The molecule has 0 radical (unpaired) electrons. The van der Waals surface area contributed by atoms with Gasteiger partial charge in [-0.05, 0) is 56.4 Å². The average molecular weight is 423 g/mol. The van der Waals surface area contributed by atoms with Crippen molar-refractivity contribution in [1.29, 1.82) is 0 Å². The number of ether oxygens (including phenoxy) is 2. The van der Waals surface area contributed by atoms with Gasteiger partial charge in [-0.25, -0.2) is 0 Å². The van der Waals surface area contributed by atoms with E-state index in [0.29, 0.717) is 12.5 Å². The van der Waals surface area contributed by atoms with E-state index in [-0.39, 0.29) is 17.6 Å². The first kappa shape index (κ1) is 23.3. The molecule has 4 heteroatoms. The minimum absolute atomic E-state index is 0.00257. The molecule has 0 N–H and O–H groups in total. The number of unbranched alkanes of at least 4 members (excludes halogenated alkanes) is 4. The normalized spacial score (nSPS) is 23.7. The fraction of sp³-hybridized carbons (Fsp3) is 0.769. The third kappa shape index (κ3) is 6.34. The standard InChI is InChI=1S/C26H40F2O2/c1-3-5-7-9-19-11-13-20(14-12-19)18-29-23-17-21-15-16-22(10-8-6-4-2)30-26(21)25(28)24(23)27/h17,19-20,22H,3-16,18H2,1-2H3. The molecule has 0 saturated heterocycles. The summed E-state index contributed by atoms with van der Waals surface area (Å²) in [6, 6.07) is 1.67. The van der Waals surface area contributed by atoms with Crippen molar-refractivity contribution in [3.8, 4) is 11.5 Å². The monoisotopic (exact) mass is 422 g/mol. The maximum atomic E-state index is 14.7. The molecule has 1 aliphatic carbocycles. The molecule has 170 valence electrons. The fourth-order valence-electron chi connectivity index (χ4n) is 5.00. The Morgan fingerprint density at radius 3 is 2.23 bits per heavy atom. The Morgan fingerprint density at radius 2 is 1.53 bits per heavy atom. The SMILES string of the molecule is CCCCCC1CCC(COc2cc3c(c(F)c2F)OC(CCCCC)CC3)CC1. The van der Waals surface area contributed by atoms with Gasteiger partial charge >= 0.3 is 0 Å². The van der Waals surface area contributed by atoms with E-state index in [2.05, 4.69) is 13.8 Å². The van der Waals surface area contributed by atoms with Crippen LogP contribution in [0, 0.1) is 23.5 Å². The molecule has 1 saturated carbocycles. The van der Waals surface area contributed by atoms with E-state index in [1.807, 2.05) is 0 Å². The van der Waals surface area contributed by atoms with Crippen LogP contribution in [0.15, 0.2) is 6.07 Å². The highest BCUT2D eigenvalue weighted by Crippen LogP contribution is 2.38. The second kappa shape index (κ2) is 11.9. The molecule has 1 aromatic rings. The molecule has 1 fully saturated rings. The van der Waals surface area contributed by atoms with Crippen LogP contribution in [0.4, 0.5) is 8.78 Å². The lowest BCUT2D eigenvalue weighted by molar-refractivity contribution is 0.146. The van der Waals surface area contributed by atoms with Gasteiger partial charge in [-0.2, -0.15) is 8.78 Å². The third-order valence-electron chi connectivity index (χ3n) is 7.01. The lowest BCUT2D eigenvalue weighted by atomic mass is 9.80. The van der Waals surface area contributed by atoms with Crippen molar-refractivity contribution in [2.75, 3.05) is 6.61 Å². The Kier molecular flexibility index (Phi) is 9.27. The number of fused-ring (bicyclic) bond motifs is 1. The second-order valence-electron chi connectivity index (χ2n) is 9.46. The summed E-state index contributed by atoms with van der Waals surface area (Å²) >= 11 is 0. The van der Waals surface area contributed by atoms with Gasteiger partial charge in [0.2, 0.25) is 11.6 Å². The van der Waals surface area contributed by atoms with E-state index in [1.54, 1.807) is 6.07 Å². The van der Waals surface area contributed by atoms with Crippen molar-refractivity contribution in [3.05, 3.63) is 23.3 Å². The molecule has 1 atom stereocenters. The van der Waals surface area contributed by atoms with Crippen molar-refractivity contribution >= 4 is 0 Å². The van der Waals surface area contributed by atoms with Gasteiger partial charge in [-0.15, -0.1) is 0 Å². The van der Waals surface area contributed by atoms with E-state index < -0.39 is 11.6 Å². The zero-order valence-corrected chi connectivity index (χ0v) is 19.0. The van der Waals surface area contributed by atoms with E-state index in [4.69, 9.17) is 9.47 Å². The van der Waals surface area contributed by atoms with Gasteiger partial charge in [0.05, 0.1) is 12.7 Å². The number of hydrogen-bond acceptors (Lipinski definition) is 2. The molecule has 1 aliphatic heterocycles. The zero-order chi connectivity index (χ0) is 21.3. The number of rotatable bonds is 11. The van der Waals surface area contributed by atoms with Crippen molar-refractivity contribution in [2.24, 2.45) is 11.8 Å². The van der Waals surface area contributed by atoms with Crippen LogP contribution in [-0.4, -0.2) is 12.7 Å². The number of aryl methyl sites for hydroxylation is 1. The second-order valence-corrected chi connectivity index (χ2v) is 9.46. The Bertz CT molecular complexity index is 653. The first-order valence-electron chi connectivity index (χ1n) is 12.4. The van der Waals surface area contributed by atoms with Crippen LogP contribution >= 0.6 is 0 Å². The van der Waals surface area contributed by atoms with E-state index in [9.17, 15) is 8.78 Å². The van der Waals surface area contributed by atoms with Gasteiger partial charge in [-0.1, -0.05) is 65.2 Å². The summed E-state index contributed by atoms with van der Waals surface area (Å²) in [5.41, 5.74) is 0.746. The molecule has 30 heavy (non-hydrogen) atoms. The van der Waals surface area contributed by atoms with Crippen LogP contribution in [-0.2, 0) is 6.42 Å². The predicted molar refractivity (Wildman–Crippen MR) is 118 cm³/mol. The van der Waals surface area contributed by atoms with Crippen LogP contribution in [0.5, 0.6) is 11.5 Å². The zero-order valence-electron chi connectivity index (χ0n) is 19.0. The Morgan fingerprint density at radius 1 is 0.867 bits per heavy atom. The van der Waals surface area contributed by atoms with Gasteiger partial charge in [0.1, 0.15) is 0 Å². The highest BCUT2D eigenvalue weighted by Gasteiger charge is 2.28. The molecule has 1 unspecified atom stereocenters. The van der Waals surface area contributed by atoms with Crippen molar-refractivity contribution in [1.82, 2.24) is 0 Å². The molecule has 1 aromatic carbocycles. The summed E-state index contributed by atoms with van der Waals surface area (Å²) in [6.07, 6.45) is 15.9. The highest BCUT2D eigenvalue weighted by molar-refractivity contribution is 5.44. The molecule has 1 heterocycles. The van der Waals surface area contributed by atoms with Crippen LogP contribution in [0.2, 0.25) is 0 Å². The third-order valence-corrected chi connectivity index (χ3v) is 7.01. The van der Waals surface area contributed by atoms with Gasteiger partial charge in [-0.3, -0.25) is 0 Å². The Labute approximate surface area is 181 Å². The largest absolute Gasteiger partial charge is 0.490 e. The topological polar surface area (TPSA) is 18.5 Å². The maximum absolute atomic E-state index is 14.7. The maximum Gasteiger partial charge on any atom is 0.204 e. The molecule has 3 rings (SSSR count). The molecule has 0 aromatic heterocycles. The van der Waals surface area contributed by atoms with Crippen LogP contribution in [0.1, 0.15) is 103 Å². The fourth-order valence-corrected chi connectivity index (χ4v) is 5.00. The molecule has 2 nitrogen and oxygen atoms in total. The highest BCUT2D eigenvalue weighted by atomic mass is 19.2. The summed E-state index contributed by atoms with van der Waals surface area (Å²) in [7, 11) is 0. The Hall–Kier alpha value is -1.32. The van der Waals surface area contributed by atoms with Crippen molar-refractivity contribution in [2.45, 2.75) is 110 Å². The van der Waals surface area contributed by atoms with Gasteiger partial charge in [0, 0.05) is 5.56 Å². The molecule has 0 spiro atoms. The van der Waals surface area contributed by atoms with Gasteiger partial charge in [0.15, 0.2) is 11.5 Å². The van der Waals surface area contributed by atoms with Crippen molar-refractivity contribution in [3.63, 3.8) is 0 Å².